The van der Waals surface area contributed by atoms with Crippen molar-refractivity contribution in [2.45, 2.75) is 5.41 Å². The molecule has 2 aliphatic carbocycles. The highest BCUT2D eigenvalue weighted by Crippen LogP contribution is 2.65. The lowest BCUT2D eigenvalue weighted by Crippen LogP contribution is -2.26. The van der Waals surface area contributed by atoms with Crippen molar-refractivity contribution in [3.05, 3.63) is 210 Å². The molecule has 0 fully saturated rings. The second-order valence-corrected chi connectivity index (χ2v) is 14.4. The molecule has 53 heavy (non-hydrogen) atoms. The van der Waals surface area contributed by atoms with Crippen molar-refractivity contribution in [1.82, 2.24) is 0 Å². The molecular formula is C51H31NO. The molecule has 10 aromatic rings. The van der Waals surface area contributed by atoms with Gasteiger partial charge >= 0.3 is 0 Å². The Morgan fingerprint density at radius 1 is 0.358 bits per heavy atom. The molecule has 0 aliphatic heterocycles. The van der Waals surface area contributed by atoms with Crippen molar-refractivity contribution in [1.29, 1.82) is 0 Å². The van der Waals surface area contributed by atoms with E-state index in [1.807, 2.05) is 6.07 Å². The third-order valence-electron chi connectivity index (χ3n) is 11.8. The second kappa shape index (κ2) is 10.6. The van der Waals surface area contributed by atoms with Gasteiger partial charge in [0.2, 0.25) is 0 Å². The normalized spacial score (nSPS) is 13.4. The summed E-state index contributed by atoms with van der Waals surface area (Å²) in [5.74, 6) is 0. The van der Waals surface area contributed by atoms with Gasteiger partial charge in [-0.05, 0) is 97.1 Å². The van der Waals surface area contributed by atoms with Gasteiger partial charge in [-0.25, -0.2) is 0 Å². The minimum atomic E-state index is -0.494. The van der Waals surface area contributed by atoms with Gasteiger partial charge in [-0.15, -0.1) is 0 Å². The maximum atomic E-state index is 6.49. The molecule has 0 unspecified atom stereocenters. The fraction of sp³-hybridized carbons (Fsp3) is 0.0196. The minimum Gasteiger partial charge on any atom is -0.456 e. The molecule has 9 aromatic carbocycles. The lowest BCUT2D eigenvalue weighted by Gasteiger charge is -2.33. The van der Waals surface area contributed by atoms with Crippen LogP contribution in [0.5, 0.6) is 0 Å². The zero-order chi connectivity index (χ0) is 34.7. The average molecular weight is 674 g/mol. The van der Waals surface area contributed by atoms with Crippen LogP contribution in [-0.2, 0) is 5.41 Å². The van der Waals surface area contributed by atoms with Crippen molar-refractivity contribution in [3.63, 3.8) is 0 Å². The van der Waals surface area contributed by atoms with Crippen LogP contribution in [0.25, 0.3) is 65.7 Å². The number of hydrogen-bond donors (Lipinski definition) is 0. The summed E-state index contributed by atoms with van der Waals surface area (Å²) in [5, 5.41) is 7.26. The molecule has 0 atom stereocenters. The summed E-state index contributed by atoms with van der Waals surface area (Å²) in [5.41, 5.74) is 15.2. The van der Waals surface area contributed by atoms with Crippen molar-refractivity contribution in [2.75, 3.05) is 4.90 Å². The molecule has 2 nitrogen and oxygen atoms in total. The highest BCUT2D eigenvalue weighted by atomic mass is 16.3. The average Bonchev–Trinajstić information content (AvgIpc) is 3.85. The first-order valence-corrected chi connectivity index (χ1v) is 18.4. The molecule has 0 N–H and O–H groups in total. The van der Waals surface area contributed by atoms with Crippen molar-refractivity contribution in [3.8, 4) is 22.3 Å². The van der Waals surface area contributed by atoms with Gasteiger partial charge in [0.05, 0.1) is 11.1 Å². The molecule has 0 bridgehead atoms. The number of benzene rings is 9. The summed E-state index contributed by atoms with van der Waals surface area (Å²) in [6.07, 6.45) is 0. The van der Waals surface area contributed by atoms with E-state index in [1.165, 1.54) is 66.1 Å². The van der Waals surface area contributed by atoms with Gasteiger partial charge < -0.3 is 9.32 Å². The SMILES string of the molecule is c1ccc(N(c2ccc3c(c2)oc2ccccc23)c2cc3c(c4ccccc24)-c2c(ccc4ccccc24)C32c3ccccc3-c3ccccc32)cc1. The highest BCUT2D eigenvalue weighted by molar-refractivity contribution is 6.17. The molecule has 0 saturated heterocycles. The van der Waals surface area contributed by atoms with Crippen molar-refractivity contribution in [2.24, 2.45) is 0 Å². The maximum absolute atomic E-state index is 6.49. The Hall–Kier alpha value is -6.90. The molecule has 0 radical (unpaired) electrons. The molecule has 0 saturated carbocycles. The number of furan rings is 1. The fourth-order valence-electron chi connectivity index (χ4n) is 9.78. The van der Waals surface area contributed by atoms with E-state index < -0.39 is 5.41 Å². The maximum Gasteiger partial charge on any atom is 0.137 e. The molecule has 1 aromatic heterocycles. The Bertz CT molecular complexity index is 3090. The van der Waals surface area contributed by atoms with Crippen LogP contribution in [0.2, 0.25) is 0 Å². The van der Waals surface area contributed by atoms with E-state index in [-0.39, 0.29) is 0 Å². The summed E-state index contributed by atoms with van der Waals surface area (Å²) in [7, 11) is 0. The van der Waals surface area contributed by atoms with E-state index in [0.717, 1.165) is 39.0 Å². The number of hydrogen-bond acceptors (Lipinski definition) is 2. The Kier molecular flexibility index (Phi) is 5.73. The number of anilines is 3. The molecule has 246 valence electrons. The number of para-hydroxylation sites is 2. The van der Waals surface area contributed by atoms with Crippen molar-refractivity contribution < 1.29 is 4.42 Å². The van der Waals surface area contributed by atoms with Crippen LogP contribution in [-0.4, -0.2) is 0 Å². The summed E-state index contributed by atoms with van der Waals surface area (Å²) in [4.78, 5) is 2.43. The molecule has 2 heteroatoms. The lowest BCUT2D eigenvalue weighted by molar-refractivity contribution is 0.669. The van der Waals surface area contributed by atoms with Crippen LogP contribution >= 0.6 is 0 Å². The Morgan fingerprint density at radius 2 is 0.962 bits per heavy atom. The van der Waals surface area contributed by atoms with Crippen LogP contribution in [0.4, 0.5) is 17.1 Å². The quantitative estimate of drug-likeness (QED) is 0.186. The third kappa shape index (κ3) is 3.72. The van der Waals surface area contributed by atoms with Gasteiger partial charge in [0.25, 0.3) is 0 Å². The smallest absolute Gasteiger partial charge is 0.137 e. The third-order valence-corrected chi connectivity index (χ3v) is 11.8. The predicted molar refractivity (Wildman–Crippen MR) is 220 cm³/mol. The first-order valence-electron chi connectivity index (χ1n) is 18.4. The van der Waals surface area contributed by atoms with Gasteiger partial charge in [0.15, 0.2) is 0 Å². The summed E-state index contributed by atoms with van der Waals surface area (Å²) in [6.45, 7) is 0. The van der Waals surface area contributed by atoms with Crippen molar-refractivity contribution >= 4 is 60.5 Å². The minimum absolute atomic E-state index is 0.494. The largest absolute Gasteiger partial charge is 0.456 e. The highest BCUT2D eigenvalue weighted by Gasteiger charge is 2.52. The first-order chi connectivity index (χ1) is 26.3. The summed E-state index contributed by atoms with van der Waals surface area (Å²) in [6, 6.07) is 69.1. The van der Waals surface area contributed by atoms with Crippen LogP contribution < -0.4 is 4.90 Å². The molecular weight excluding hydrogens is 643 g/mol. The zero-order valence-corrected chi connectivity index (χ0v) is 28.8. The summed E-state index contributed by atoms with van der Waals surface area (Å²) >= 11 is 0. The Labute approximate surface area is 306 Å². The van der Waals surface area contributed by atoms with E-state index in [4.69, 9.17) is 4.42 Å². The summed E-state index contributed by atoms with van der Waals surface area (Å²) < 4.78 is 6.49. The number of fused-ring (bicyclic) bond motifs is 17. The fourth-order valence-corrected chi connectivity index (χ4v) is 9.78. The van der Waals surface area contributed by atoms with Crippen LogP contribution in [0.1, 0.15) is 22.3 Å². The molecule has 1 heterocycles. The van der Waals surface area contributed by atoms with Gasteiger partial charge in [0.1, 0.15) is 11.2 Å². The van der Waals surface area contributed by atoms with Gasteiger partial charge in [-0.2, -0.15) is 0 Å². The van der Waals surface area contributed by atoms with E-state index in [2.05, 4.69) is 187 Å². The van der Waals surface area contributed by atoms with E-state index >= 15 is 0 Å². The lowest BCUT2D eigenvalue weighted by atomic mass is 9.70. The number of rotatable bonds is 3. The standard InChI is InChI=1S/C51H31NO/c1-2-15-33(16-3-1)52(34-27-28-40-39-21-10-13-25-47(39)53-48(40)30-34)46-31-45-50(41-22-7-6-20-38(41)46)49-35-17-5-4-14-32(35)26-29-44(49)51(45)42-23-11-8-18-36(42)37-19-9-12-24-43(37)51/h1-31H. The van der Waals surface area contributed by atoms with Crippen LogP contribution in [0, 0.1) is 0 Å². The molecule has 12 rings (SSSR count). The predicted octanol–water partition coefficient (Wildman–Crippen LogP) is 13.7. The van der Waals surface area contributed by atoms with Crippen LogP contribution in [0.3, 0.4) is 0 Å². The Balaban J connectivity index is 1.24. The number of nitrogens with zero attached hydrogens (tertiary/aromatic N) is 1. The van der Waals surface area contributed by atoms with Gasteiger partial charge in [-0.3, -0.25) is 0 Å². The van der Waals surface area contributed by atoms with Gasteiger partial charge in [-0.1, -0.05) is 146 Å². The second-order valence-electron chi connectivity index (χ2n) is 14.4. The van der Waals surface area contributed by atoms with E-state index in [1.54, 1.807) is 0 Å². The topological polar surface area (TPSA) is 16.4 Å². The molecule has 0 amide bonds. The van der Waals surface area contributed by atoms with E-state index in [9.17, 15) is 0 Å². The first kappa shape index (κ1) is 28.8. The zero-order valence-electron chi connectivity index (χ0n) is 28.8. The molecule has 2 aliphatic rings. The van der Waals surface area contributed by atoms with Crippen LogP contribution in [0.15, 0.2) is 192 Å². The Morgan fingerprint density at radius 3 is 1.75 bits per heavy atom. The monoisotopic (exact) mass is 673 g/mol. The van der Waals surface area contributed by atoms with E-state index in [0.29, 0.717) is 0 Å². The molecule has 1 spiro atoms. The van der Waals surface area contributed by atoms with Gasteiger partial charge in [0, 0.05) is 33.6 Å².